The van der Waals surface area contributed by atoms with Crippen molar-refractivity contribution in [3.63, 3.8) is 0 Å². The number of aryl methyl sites for hydroxylation is 1. The molecule has 0 saturated heterocycles. The van der Waals surface area contributed by atoms with E-state index in [1.54, 1.807) is 24.0 Å². The number of carbonyl (C=O) groups is 1. The van der Waals surface area contributed by atoms with Crippen molar-refractivity contribution < 1.29 is 9.53 Å². The van der Waals surface area contributed by atoms with Crippen LogP contribution in [0.4, 0.5) is 0 Å². The SMILES string of the molecule is COCNC(=O)c1csc(-c2cc(-c3ccncc3)c3n(c2=O)CCCc2ccncc2-3)n1. The van der Waals surface area contributed by atoms with Crippen molar-refractivity contribution in [3.05, 3.63) is 76.0 Å². The summed E-state index contributed by atoms with van der Waals surface area (Å²) in [6.45, 7) is 0.675. The van der Waals surface area contributed by atoms with Gasteiger partial charge in [0.1, 0.15) is 17.4 Å². The second kappa shape index (κ2) is 9.05. The molecule has 1 amide bonds. The van der Waals surface area contributed by atoms with E-state index in [1.165, 1.54) is 24.0 Å². The molecule has 1 aliphatic rings. The fourth-order valence-corrected chi connectivity index (χ4v) is 4.89. The van der Waals surface area contributed by atoms with E-state index >= 15 is 0 Å². The Bertz CT molecular complexity index is 1380. The minimum atomic E-state index is -0.344. The Morgan fingerprint density at radius 2 is 1.97 bits per heavy atom. The minimum Gasteiger partial charge on any atom is -0.364 e. The average molecular weight is 460 g/mol. The average Bonchev–Trinajstić information content (AvgIpc) is 3.26. The van der Waals surface area contributed by atoms with Crippen LogP contribution in [0.25, 0.3) is 33.0 Å². The predicted octanol–water partition coefficient (Wildman–Crippen LogP) is 3.38. The quantitative estimate of drug-likeness (QED) is 0.460. The number of nitrogens with zero attached hydrogens (tertiary/aromatic N) is 4. The summed E-state index contributed by atoms with van der Waals surface area (Å²) in [5, 5.41) is 4.78. The lowest BCUT2D eigenvalue weighted by Gasteiger charge is -2.18. The van der Waals surface area contributed by atoms with E-state index in [4.69, 9.17) is 4.74 Å². The lowest BCUT2D eigenvalue weighted by atomic mass is 9.96. The first-order chi connectivity index (χ1) is 16.2. The van der Waals surface area contributed by atoms with E-state index in [0.29, 0.717) is 17.1 Å². The van der Waals surface area contributed by atoms with Gasteiger partial charge < -0.3 is 14.6 Å². The molecule has 0 aromatic carbocycles. The standard InChI is InChI=1S/C24H21N5O3S/c1-32-14-27-22(30)20-13-33-23(28-20)18-11-17(16-4-7-25-8-5-16)21-19-12-26-9-6-15(19)3-2-10-29(21)24(18)31/h4-9,11-13H,2-3,10,14H2,1H3,(H,27,30). The molecule has 166 valence electrons. The highest BCUT2D eigenvalue weighted by Crippen LogP contribution is 2.37. The monoisotopic (exact) mass is 459 g/mol. The fourth-order valence-electron chi connectivity index (χ4n) is 4.09. The number of methoxy groups -OCH3 is 1. The van der Waals surface area contributed by atoms with Crippen LogP contribution in [-0.4, -0.2) is 39.3 Å². The van der Waals surface area contributed by atoms with Gasteiger partial charge >= 0.3 is 0 Å². The first kappa shape index (κ1) is 21.2. The lowest BCUT2D eigenvalue weighted by molar-refractivity contribution is 0.0868. The smallest absolute Gasteiger partial charge is 0.272 e. The van der Waals surface area contributed by atoms with Gasteiger partial charge in [0.2, 0.25) is 0 Å². The minimum absolute atomic E-state index is 0.0901. The molecular weight excluding hydrogens is 438 g/mol. The van der Waals surface area contributed by atoms with Crippen molar-refractivity contribution in [1.29, 1.82) is 0 Å². The predicted molar refractivity (Wildman–Crippen MR) is 126 cm³/mol. The first-order valence-electron chi connectivity index (χ1n) is 10.5. The Morgan fingerprint density at radius 1 is 1.15 bits per heavy atom. The molecule has 0 aliphatic carbocycles. The number of nitrogens with one attached hydrogen (secondary N) is 1. The Kier molecular flexibility index (Phi) is 5.80. The number of thiazole rings is 1. The summed E-state index contributed by atoms with van der Waals surface area (Å²) >= 11 is 1.27. The summed E-state index contributed by atoms with van der Waals surface area (Å²) in [6.07, 6.45) is 8.80. The van der Waals surface area contributed by atoms with Crippen LogP contribution < -0.4 is 10.9 Å². The third kappa shape index (κ3) is 3.96. The molecule has 1 N–H and O–H groups in total. The van der Waals surface area contributed by atoms with Crippen molar-refractivity contribution in [3.8, 4) is 33.0 Å². The van der Waals surface area contributed by atoms with Crippen LogP contribution in [0.1, 0.15) is 22.5 Å². The maximum Gasteiger partial charge on any atom is 0.272 e. The molecule has 0 atom stereocenters. The van der Waals surface area contributed by atoms with Crippen LogP contribution in [0, 0.1) is 0 Å². The fraction of sp³-hybridized carbons (Fsp3) is 0.208. The van der Waals surface area contributed by atoms with Gasteiger partial charge in [-0.05, 0) is 48.2 Å². The van der Waals surface area contributed by atoms with Crippen LogP contribution in [-0.2, 0) is 17.7 Å². The number of hydrogen-bond donors (Lipinski definition) is 1. The number of pyridine rings is 3. The van der Waals surface area contributed by atoms with Crippen molar-refractivity contribution in [2.75, 3.05) is 13.8 Å². The summed E-state index contributed by atoms with van der Waals surface area (Å²) in [7, 11) is 1.50. The highest BCUT2D eigenvalue weighted by atomic mass is 32.1. The van der Waals surface area contributed by atoms with Gasteiger partial charge in [-0.1, -0.05) is 0 Å². The summed E-state index contributed by atoms with van der Waals surface area (Å²) in [5.74, 6) is -0.344. The summed E-state index contributed by atoms with van der Waals surface area (Å²) in [6, 6.07) is 7.75. The summed E-state index contributed by atoms with van der Waals surface area (Å²) in [5.41, 5.74) is 5.43. The third-order valence-electron chi connectivity index (χ3n) is 5.62. The number of carbonyl (C=O) groups excluding carboxylic acids is 1. The number of ether oxygens (including phenoxy) is 1. The second-order valence-corrected chi connectivity index (χ2v) is 8.48. The van der Waals surface area contributed by atoms with Gasteiger partial charge in [-0.2, -0.15) is 0 Å². The normalized spacial score (nSPS) is 12.5. The highest BCUT2D eigenvalue weighted by molar-refractivity contribution is 7.13. The molecular formula is C24H21N5O3S. The van der Waals surface area contributed by atoms with Crippen LogP contribution in [0.3, 0.4) is 0 Å². The molecule has 0 spiro atoms. The van der Waals surface area contributed by atoms with E-state index < -0.39 is 0 Å². The zero-order valence-corrected chi connectivity index (χ0v) is 18.8. The molecule has 0 saturated carbocycles. The Balaban J connectivity index is 1.72. The van der Waals surface area contributed by atoms with E-state index in [1.807, 2.05) is 35.0 Å². The molecule has 9 heteroatoms. The Morgan fingerprint density at radius 3 is 2.79 bits per heavy atom. The van der Waals surface area contributed by atoms with E-state index in [0.717, 1.165) is 35.2 Å². The molecule has 0 fully saturated rings. The van der Waals surface area contributed by atoms with Crippen molar-refractivity contribution in [1.82, 2.24) is 24.8 Å². The first-order valence-corrected chi connectivity index (χ1v) is 11.4. The third-order valence-corrected chi connectivity index (χ3v) is 6.49. The number of amides is 1. The van der Waals surface area contributed by atoms with Gasteiger partial charge in [0.25, 0.3) is 11.5 Å². The van der Waals surface area contributed by atoms with E-state index in [9.17, 15) is 9.59 Å². The van der Waals surface area contributed by atoms with Gasteiger partial charge in [-0.25, -0.2) is 4.98 Å². The number of hydrogen-bond acceptors (Lipinski definition) is 7. The zero-order chi connectivity index (χ0) is 22.8. The summed E-state index contributed by atoms with van der Waals surface area (Å²) < 4.78 is 6.72. The van der Waals surface area contributed by atoms with Gasteiger partial charge in [0.15, 0.2) is 0 Å². The molecule has 4 aromatic heterocycles. The van der Waals surface area contributed by atoms with Crippen molar-refractivity contribution in [2.45, 2.75) is 19.4 Å². The Hall–Kier alpha value is -3.69. The number of aromatic nitrogens is 4. The van der Waals surface area contributed by atoms with Gasteiger partial charge in [0.05, 0.1) is 11.3 Å². The molecule has 33 heavy (non-hydrogen) atoms. The topological polar surface area (TPSA) is 99.0 Å². The molecule has 1 aliphatic heterocycles. The van der Waals surface area contributed by atoms with Crippen LogP contribution in [0.15, 0.2) is 59.2 Å². The molecule has 0 bridgehead atoms. The second-order valence-electron chi connectivity index (χ2n) is 7.63. The van der Waals surface area contributed by atoms with Gasteiger partial charge in [-0.15, -0.1) is 11.3 Å². The number of fused-ring (bicyclic) bond motifs is 3. The molecule has 0 unspecified atom stereocenters. The van der Waals surface area contributed by atoms with Crippen molar-refractivity contribution in [2.24, 2.45) is 0 Å². The van der Waals surface area contributed by atoms with Gasteiger partial charge in [-0.3, -0.25) is 19.6 Å². The maximum absolute atomic E-state index is 13.7. The molecule has 5 heterocycles. The molecule has 4 aromatic rings. The summed E-state index contributed by atoms with van der Waals surface area (Å²) in [4.78, 5) is 38.9. The van der Waals surface area contributed by atoms with E-state index in [2.05, 4.69) is 20.3 Å². The molecule has 8 nitrogen and oxygen atoms in total. The van der Waals surface area contributed by atoms with Crippen LogP contribution in [0.5, 0.6) is 0 Å². The molecule has 5 rings (SSSR count). The van der Waals surface area contributed by atoms with Crippen molar-refractivity contribution >= 4 is 17.2 Å². The lowest BCUT2D eigenvalue weighted by Crippen LogP contribution is -2.26. The Labute approximate surface area is 194 Å². The largest absolute Gasteiger partial charge is 0.364 e. The zero-order valence-electron chi connectivity index (χ0n) is 17.9. The van der Waals surface area contributed by atoms with Crippen LogP contribution >= 0.6 is 11.3 Å². The van der Waals surface area contributed by atoms with Gasteiger partial charge in [0, 0.05) is 54.9 Å². The maximum atomic E-state index is 13.7. The number of rotatable bonds is 5. The van der Waals surface area contributed by atoms with Crippen LogP contribution in [0.2, 0.25) is 0 Å². The van der Waals surface area contributed by atoms with E-state index in [-0.39, 0.29) is 23.9 Å². The highest BCUT2D eigenvalue weighted by Gasteiger charge is 2.24. The molecule has 0 radical (unpaired) electrons.